The summed E-state index contributed by atoms with van der Waals surface area (Å²) in [5.74, 6) is -1.03. The number of rotatable bonds is 34. The van der Waals surface area contributed by atoms with E-state index >= 15 is 0 Å². The Bertz CT molecular complexity index is 1110. The van der Waals surface area contributed by atoms with Crippen LogP contribution in [0.15, 0.2) is 0 Å². The van der Waals surface area contributed by atoms with E-state index < -0.39 is 45.1 Å². The number of carbonyl (C=O) groups excluding carboxylic acids is 3. The molecule has 0 aromatic rings. The first kappa shape index (κ1) is 49.4. The third-order valence-electron chi connectivity index (χ3n) is 7.79. The minimum Gasteiger partial charge on any atom is -0.387 e. The van der Waals surface area contributed by atoms with Crippen LogP contribution < -0.4 is 5.32 Å². The average Bonchev–Trinajstić information content (AvgIpc) is 3.39. The lowest BCUT2D eigenvalue weighted by atomic mass is 9.86. The van der Waals surface area contributed by atoms with Gasteiger partial charge in [-0.1, -0.05) is 0 Å². The number of hydrogen-bond donors (Lipinski definition) is 6. The molecule has 2 aliphatic heterocycles. The van der Waals surface area contributed by atoms with E-state index in [0.29, 0.717) is 99.0 Å². The summed E-state index contributed by atoms with van der Waals surface area (Å²) in [6, 6.07) is 0. The highest BCUT2D eigenvalue weighted by atomic mass is 31.2. The molecule has 6 unspecified atom stereocenters. The van der Waals surface area contributed by atoms with E-state index in [1.54, 1.807) is 7.85 Å². The van der Waals surface area contributed by atoms with Crippen molar-refractivity contribution < 1.29 is 95.9 Å². The lowest BCUT2D eigenvalue weighted by Gasteiger charge is -2.40. The molecule has 0 radical (unpaired) electrons. The topological polar surface area (TPSA) is 286 Å². The number of nitrogens with zero attached hydrogens (tertiary/aromatic N) is 1. The first-order valence-electron chi connectivity index (χ1n) is 18.1. The van der Waals surface area contributed by atoms with Gasteiger partial charge >= 0.3 is 7.82 Å². The van der Waals surface area contributed by atoms with Gasteiger partial charge in [0, 0.05) is 31.7 Å². The van der Waals surface area contributed by atoms with Crippen LogP contribution in [-0.4, -0.2) is 218 Å². The fourth-order valence-corrected chi connectivity index (χ4v) is 5.22. The minimum absolute atomic E-state index is 0.0427. The summed E-state index contributed by atoms with van der Waals surface area (Å²) < 4.78 is 69.1. The Morgan fingerprint density at radius 3 is 1.56 bits per heavy atom. The maximum Gasteiger partial charge on any atom is 0.469 e. The number of likely N-dealkylation sites (tertiary alicyclic amines) is 1. The van der Waals surface area contributed by atoms with Gasteiger partial charge in [-0.05, 0) is 0 Å². The second-order valence-corrected chi connectivity index (χ2v) is 13.4. The Labute approximate surface area is 320 Å². The third-order valence-corrected chi connectivity index (χ3v) is 8.28. The molecule has 2 aliphatic rings. The van der Waals surface area contributed by atoms with Crippen molar-refractivity contribution in [1.82, 2.24) is 10.2 Å². The minimum atomic E-state index is -4.83. The summed E-state index contributed by atoms with van der Waals surface area (Å²) in [4.78, 5) is 54.3. The normalized spacial score (nSPS) is 23.2. The summed E-state index contributed by atoms with van der Waals surface area (Å²) in [6.45, 7) is 5.33. The predicted molar refractivity (Wildman–Crippen MR) is 188 cm³/mol. The molecule has 0 aromatic heterocycles. The Kier molecular flexibility index (Phi) is 26.5. The highest BCUT2D eigenvalue weighted by molar-refractivity contribution is 7.46. The second kappa shape index (κ2) is 29.5. The number of hydrogen-bond acceptors (Lipinski definition) is 18. The molecule has 320 valence electrons. The lowest BCUT2D eigenvalue weighted by Crippen LogP contribution is -2.59. The van der Waals surface area contributed by atoms with Gasteiger partial charge in [-0.15, -0.1) is 0 Å². The first-order chi connectivity index (χ1) is 26.4. The smallest absolute Gasteiger partial charge is 0.387 e. The van der Waals surface area contributed by atoms with Gasteiger partial charge in [0.2, 0.25) is 17.7 Å². The fraction of sp³-hybridized carbons (Fsp3) is 0.903. The fourth-order valence-electron chi connectivity index (χ4n) is 4.87. The van der Waals surface area contributed by atoms with Crippen molar-refractivity contribution in [1.29, 1.82) is 0 Å². The summed E-state index contributed by atoms with van der Waals surface area (Å²) in [6.07, 6.45) is -7.35. The van der Waals surface area contributed by atoms with Crippen LogP contribution >= 0.6 is 7.82 Å². The lowest BCUT2D eigenvalue weighted by molar-refractivity contribution is -0.301. The first-order valence-corrected chi connectivity index (χ1v) is 19.7. The molecule has 2 rings (SSSR count). The quantitative estimate of drug-likeness (QED) is 0.0155. The summed E-state index contributed by atoms with van der Waals surface area (Å²) in [7, 11) is -3.13. The number of imide groups is 1. The summed E-state index contributed by atoms with van der Waals surface area (Å²) in [5, 5.41) is 32.6. The molecule has 0 aromatic carbocycles. The zero-order valence-electron chi connectivity index (χ0n) is 31.3. The zero-order valence-corrected chi connectivity index (χ0v) is 32.2. The predicted octanol–water partition coefficient (Wildman–Crippen LogP) is -4.26. The van der Waals surface area contributed by atoms with Crippen LogP contribution in [0.5, 0.6) is 0 Å². The van der Waals surface area contributed by atoms with Crippen molar-refractivity contribution in [2.45, 2.75) is 49.4 Å². The standard InChI is InChI=1S/C31H58BN2O20P/c32-23-21-26(36)34(30(23)40)3-1-25(35)33-2-4-44-5-6-45-7-8-46-9-10-47-11-12-48-13-14-49-15-16-50-17-18-51-19-20-52-31-29(39)28(38)27(37)24(54-31)22-53-55(41,42)43/h23-24,27-29,31,37-39H,1-22,32H2,(H,33,35)(H2,41,42,43). The number of phosphoric ester groups is 1. The van der Waals surface area contributed by atoms with Gasteiger partial charge in [-0.2, -0.15) is 0 Å². The van der Waals surface area contributed by atoms with Gasteiger partial charge in [0.1, 0.15) is 32.3 Å². The molecule has 6 N–H and O–H groups in total. The maximum atomic E-state index is 11.9. The second-order valence-electron chi connectivity index (χ2n) is 12.2. The van der Waals surface area contributed by atoms with Gasteiger partial charge in [-0.25, -0.2) is 4.57 Å². The van der Waals surface area contributed by atoms with Gasteiger partial charge in [-0.3, -0.25) is 23.8 Å². The number of carbonyl (C=O) groups is 3. The van der Waals surface area contributed by atoms with E-state index in [0.717, 1.165) is 4.90 Å². The molecule has 2 saturated heterocycles. The van der Waals surface area contributed by atoms with Gasteiger partial charge in [0.25, 0.3) is 0 Å². The average molecular weight is 821 g/mol. The van der Waals surface area contributed by atoms with Crippen LogP contribution in [0.1, 0.15) is 12.8 Å². The van der Waals surface area contributed by atoms with Crippen LogP contribution in [0.4, 0.5) is 0 Å². The maximum absolute atomic E-state index is 11.9. The number of nitrogens with one attached hydrogen (secondary N) is 1. The summed E-state index contributed by atoms with van der Waals surface area (Å²) >= 11 is 0. The molecule has 0 bridgehead atoms. The molecule has 3 amide bonds. The van der Waals surface area contributed by atoms with E-state index in [1.165, 1.54) is 0 Å². The molecule has 6 atom stereocenters. The molecule has 2 heterocycles. The van der Waals surface area contributed by atoms with E-state index in [-0.39, 0.29) is 62.7 Å². The van der Waals surface area contributed by atoms with E-state index in [2.05, 4.69) is 9.84 Å². The van der Waals surface area contributed by atoms with Gasteiger partial charge < -0.3 is 77.8 Å². The highest BCUT2D eigenvalue weighted by Gasteiger charge is 2.45. The third kappa shape index (κ3) is 22.7. The monoisotopic (exact) mass is 820 g/mol. The van der Waals surface area contributed by atoms with Crippen molar-refractivity contribution in [2.75, 3.05) is 132 Å². The number of aliphatic hydroxyl groups excluding tert-OH is 3. The largest absolute Gasteiger partial charge is 0.469 e. The van der Waals surface area contributed by atoms with Crippen molar-refractivity contribution in [3.8, 4) is 0 Å². The van der Waals surface area contributed by atoms with Crippen molar-refractivity contribution in [3.05, 3.63) is 0 Å². The van der Waals surface area contributed by atoms with Crippen LogP contribution in [0.2, 0.25) is 5.82 Å². The molecular formula is C31H58BN2O20P. The van der Waals surface area contributed by atoms with E-state index in [1.807, 2.05) is 0 Å². The van der Waals surface area contributed by atoms with Crippen LogP contribution in [0.25, 0.3) is 0 Å². The number of ether oxygens (including phenoxy) is 10. The van der Waals surface area contributed by atoms with Gasteiger partial charge in [0.05, 0.1) is 119 Å². The molecule has 22 nitrogen and oxygen atoms in total. The zero-order chi connectivity index (χ0) is 40.3. The van der Waals surface area contributed by atoms with Crippen molar-refractivity contribution >= 4 is 33.4 Å². The highest BCUT2D eigenvalue weighted by Crippen LogP contribution is 2.37. The molecule has 0 saturated carbocycles. The number of amides is 3. The Hall–Kier alpha value is -1.74. The number of aliphatic hydroxyl groups is 3. The molecule has 55 heavy (non-hydrogen) atoms. The van der Waals surface area contributed by atoms with E-state index in [4.69, 9.17) is 57.2 Å². The van der Waals surface area contributed by atoms with Crippen molar-refractivity contribution in [2.24, 2.45) is 0 Å². The van der Waals surface area contributed by atoms with Crippen LogP contribution in [-0.2, 0) is 70.8 Å². The van der Waals surface area contributed by atoms with Crippen LogP contribution in [0, 0.1) is 0 Å². The van der Waals surface area contributed by atoms with Gasteiger partial charge in [0.15, 0.2) is 6.29 Å². The Morgan fingerprint density at radius 1 is 0.709 bits per heavy atom. The van der Waals surface area contributed by atoms with E-state index in [9.17, 15) is 34.3 Å². The molecule has 2 fully saturated rings. The summed E-state index contributed by atoms with van der Waals surface area (Å²) in [5.41, 5.74) is 0. The molecule has 24 heteroatoms. The van der Waals surface area contributed by atoms with Crippen LogP contribution in [0.3, 0.4) is 0 Å². The van der Waals surface area contributed by atoms with Crippen molar-refractivity contribution in [3.63, 3.8) is 0 Å². The SMILES string of the molecule is BC1CC(=O)N(CCC(=O)NCCOCCOCCOCCOCCOCCOCCOCCOCCOC2OC(COP(=O)(O)O)C(O)C(O)C2O)C1=O. The number of phosphoric acid groups is 1. The Morgan fingerprint density at radius 2 is 1.15 bits per heavy atom. The Balaban J connectivity index is 1.24. The molecular weight excluding hydrogens is 762 g/mol. The molecule has 0 spiro atoms. The molecule has 0 aliphatic carbocycles.